The van der Waals surface area contributed by atoms with Crippen molar-refractivity contribution >= 4 is 39.3 Å². The summed E-state index contributed by atoms with van der Waals surface area (Å²) in [5.74, 6) is 0.817. The maximum Gasteiger partial charge on any atom is 0.263 e. The van der Waals surface area contributed by atoms with E-state index in [-0.39, 0.29) is 11.4 Å². The number of thioether (sulfide) groups is 1. The van der Waals surface area contributed by atoms with Gasteiger partial charge in [-0.2, -0.15) is 16.1 Å². The summed E-state index contributed by atoms with van der Waals surface area (Å²) >= 11 is 7.34. The summed E-state index contributed by atoms with van der Waals surface area (Å²) in [5, 5.41) is 9.70. The number of hydrogen-bond acceptors (Lipinski definition) is 6. The van der Waals surface area contributed by atoms with Crippen LogP contribution in [0.25, 0.3) is 0 Å². The van der Waals surface area contributed by atoms with E-state index in [9.17, 15) is 13.2 Å². The van der Waals surface area contributed by atoms with Crippen LogP contribution in [0.4, 0.5) is 0 Å². The normalized spacial score (nSPS) is 19.5. The zero-order chi connectivity index (χ0) is 21.2. The summed E-state index contributed by atoms with van der Waals surface area (Å²) in [7, 11) is -3.96. The maximum atomic E-state index is 13.2. The minimum absolute atomic E-state index is 0.0411. The van der Waals surface area contributed by atoms with E-state index in [1.165, 1.54) is 23.9 Å². The van der Waals surface area contributed by atoms with Crippen molar-refractivity contribution in [1.29, 1.82) is 0 Å². The molecule has 1 aliphatic rings. The van der Waals surface area contributed by atoms with Crippen LogP contribution in [0.5, 0.6) is 11.5 Å². The number of sulfonamides is 1. The summed E-state index contributed by atoms with van der Waals surface area (Å²) < 4.78 is 32.6. The van der Waals surface area contributed by atoms with Crippen molar-refractivity contribution in [3.63, 3.8) is 0 Å². The van der Waals surface area contributed by atoms with Gasteiger partial charge in [0.05, 0.1) is 4.90 Å². The highest BCUT2D eigenvalue weighted by molar-refractivity contribution is 8.00. The molecule has 1 atom stereocenters. The highest BCUT2D eigenvalue weighted by Gasteiger charge is 2.48. The van der Waals surface area contributed by atoms with Gasteiger partial charge in [0, 0.05) is 22.1 Å². The van der Waals surface area contributed by atoms with Crippen molar-refractivity contribution in [2.45, 2.75) is 29.5 Å². The molecule has 0 saturated carbocycles. The molecule has 10 heteroatoms. The standard InChI is InChI=1S/C19H21ClN2O5S2/c1-19(2)17(18(23)21-24)22(11-12-28-19)29(25,26)16-9-7-15(8-10-16)27-14-5-3-13(20)4-6-14/h3-10,17,24H,11-12H2,1-2H3,(H,21,23). The van der Waals surface area contributed by atoms with Crippen LogP contribution in [-0.4, -0.2) is 46.9 Å². The summed E-state index contributed by atoms with van der Waals surface area (Å²) in [6.07, 6.45) is 0. The molecule has 1 saturated heterocycles. The first-order valence-corrected chi connectivity index (χ1v) is 11.6. The molecule has 1 aliphatic heterocycles. The predicted octanol–water partition coefficient (Wildman–Crippen LogP) is 3.52. The Morgan fingerprint density at radius 3 is 2.28 bits per heavy atom. The lowest BCUT2D eigenvalue weighted by molar-refractivity contribution is -0.134. The number of benzene rings is 2. The highest BCUT2D eigenvalue weighted by atomic mass is 35.5. The largest absolute Gasteiger partial charge is 0.457 e. The minimum Gasteiger partial charge on any atom is -0.457 e. The van der Waals surface area contributed by atoms with Crippen LogP contribution >= 0.6 is 23.4 Å². The van der Waals surface area contributed by atoms with Gasteiger partial charge < -0.3 is 4.74 Å². The molecule has 0 radical (unpaired) electrons. The third kappa shape index (κ3) is 4.70. The van der Waals surface area contributed by atoms with Gasteiger partial charge in [0.25, 0.3) is 5.91 Å². The zero-order valence-electron chi connectivity index (χ0n) is 15.8. The topological polar surface area (TPSA) is 95.9 Å². The van der Waals surface area contributed by atoms with Gasteiger partial charge in [0.2, 0.25) is 10.0 Å². The van der Waals surface area contributed by atoms with Crippen LogP contribution in [0, 0.1) is 0 Å². The third-order valence-corrected chi connectivity index (χ3v) is 8.06. The SMILES string of the molecule is CC1(C)SCCN(S(=O)(=O)c2ccc(Oc3ccc(Cl)cc3)cc2)C1C(=O)NO. The lowest BCUT2D eigenvalue weighted by Crippen LogP contribution is -2.61. The molecule has 0 spiro atoms. The second kappa shape index (κ2) is 8.53. The van der Waals surface area contributed by atoms with E-state index in [1.807, 2.05) is 0 Å². The van der Waals surface area contributed by atoms with Gasteiger partial charge in [0.1, 0.15) is 17.5 Å². The monoisotopic (exact) mass is 456 g/mol. The minimum atomic E-state index is -3.96. The Balaban J connectivity index is 1.86. The Kier molecular flexibility index (Phi) is 6.45. The quantitative estimate of drug-likeness (QED) is 0.528. The molecule has 7 nitrogen and oxygen atoms in total. The number of hydroxylamine groups is 1. The van der Waals surface area contributed by atoms with Gasteiger partial charge in [-0.25, -0.2) is 13.9 Å². The molecule has 1 amide bonds. The number of ether oxygens (including phenoxy) is 1. The first-order valence-electron chi connectivity index (χ1n) is 8.78. The molecule has 0 aromatic heterocycles. The molecule has 0 bridgehead atoms. The van der Waals surface area contributed by atoms with Crippen LogP contribution in [0.1, 0.15) is 13.8 Å². The van der Waals surface area contributed by atoms with Crippen molar-refractivity contribution in [3.8, 4) is 11.5 Å². The molecule has 0 aliphatic carbocycles. The zero-order valence-corrected chi connectivity index (χ0v) is 18.2. The van der Waals surface area contributed by atoms with Crippen LogP contribution in [0.3, 0.4) is 0 Å². The molecule has 1 heterocycles. The molecule has 2 aromatic rings. The molecule has 2 N–H and O–H groups in total. The number of nitrogens with one attached hydrogen (secondary N) is 1. The molecular formula is C19H21ClN2O5S2. The van der Waals surface area contributed by atoms with Crippen LogP contribution < -0.4 is 10.2 Å². The van der Waals surface area contributed by atoms with Crippen molar-refractivity contribution < 1.29 is 23.2 Å². The fourth-order valence-corrected chi connectivity index (χ4v) is 6.41. The fourth-order valence-electron chi connectivity index (χ4n) is 3.17. The Hall–Kier alpha value is -1.78. The Morgan fingerprint density at radius 1 is 1.17 bits per heavy atom. The predicted molar refractivity (Wildman–Crippen MR) is 112 cm³/mol. The number of amides is 1. The molecule has 29 heavy (non-hydrogen) atoms. The number of rotatable bonds is 5. The van der Waals surface area contributed by atoms with Gasteiger partial charge in [-0.15, -0.1) is 0 Å². The molecule has 3 rings (SSSR count). The first kappa shape index (κ1) is 21.9. The lowest BCUT2D eigenvalue weighted by atomic mass is 10.0. The Bertz CT molecular complexity index is 979. The van der Waals surface area contributed by atoms with Gasteiger partial charge in [-0.05, 0) is 62.4 Å². The van der Waals surface area contributed by atoms with E-state index >= 15 is 0 Å². The molecule has 1 fully saturated rings. The van der Waals surface area contributed by atoms with E-state index in [4.69, 9.17) is 21.5 Å². The number of hydrogen-bond donors (Lipinski definition) is 2. The number of carbonyl (C=O) groups is 1. The summed E-state index contributed by atoms with van der Waals surface area (Å²) in [5.41, 5.74) is 1.60. The molecule has 2 aromatic carbocycles. The molecular weight excluding hydrogens is 436 g/mol. The van der Waals surface area contributed by atoms with E-state index in [2.05, 4.69) is 0 Å². The van der Waals surface area contributed by atoms with Crippen molar-refractivity contribution in [3.05, 3.63) is 53.6 Å². The van der Waals surface area contributed by atoms with E-state index < -0.39 is 26.7 Å². The lowest BCUT2D eigenvalue weighted by Gasteiger charge is -2.43. The van der Waals surface area contributed by atoms with Crippen molar-refractivity contribution in [2.24, 2.45) is 0 Å². The van der Waals surface area contributed by atoms with Crippen LogP contribution in [0.15, 0.2) is 53.4 Å². The smallest absolute Gasteiger partial charge is 0.263 e. The van der Waals surface area contributed by atoms with E-state index in [0.717, 1.165) is 4.31 Å². The first-order chi connectivity index (χ1) is 13.6. The summed E-state index contributed by atoms with van der Waals surface area (Å²) in [6, 6.07) is 11.7. The van der Waals surface area contributed by atoms with Gasteiger partial charge >= 0.3 is 0 Å². The summed E-state index contributed by atoms with van der Waals surface area (Å²) in [4.78, 5) is 12.3. The number of carbonyl (C=O) groups excluding carboxylic acids is 1. The molecule has 156 valence electrons. The van der Waals surface area contributed by atoms with Crippen molar-refractivity contribution in [1.82, 2.24) is 9.79 Å². The average Bonchev–Trinajstić information content (AvgIpc) is 2.68. The number of nitrogens with zero attached hydrogens (tertiary/aromatic N) is 1. The van der Waals surface area contributed by atoms with Crippen LogP contribution in [0.2, 0.25) is 5.02 Å². The second-order valence-corrected chi connectivity index (χ2v) is 11.0. The van der Waals surface area contributed by atoms with Gasteiger partial charge in [-0.1, -0.05) is 11.6 Å². The number of halogens is 1. The van der Waals surface area contributed by atoms with Gasteiger partial charge in [0.15, 0.2) is 0 Å². The maximum absolute atomic E-state index is 13.2. The third-order valence-electron chi connectivity index (χ3n) is 4.57. The Labute approximate surface area is 179 Å². The van der Waals surface area contributed by atoms with E-state index in [1.54, 1.807) is 55.7 Å². The fraction of sp³-hybridized carbons (Fsp3) is 0.316. The second-order valence-electron chi connectivity index (χ2n) is 6.97. The summed E-state index contributed by atoms with van der Waals surface area (Å²) in [6.45, 7) is 3.72. The average molecular weight is 457 g/mol. The van der Waals surface area contributed by atoms with Crippen molar-refractivity contribution in [2.75, 3.05) is 12.3 Å². The van der Waals surface area contributed by atoms with E-state index in [0.29, 0.717) is 22.3 Å². The highest BCUT2D eigenvalue weighted by Crippen LogP contribution is 2.38. The molecule has 1 unspecified atom stereocenters. The Morgan fingerprint density at radius 2 is 1.72 bits per heavy atom. The van der Waals surface area contributed by atoms with Gasteiger partial charge in [-0.3, -0.25) is 10.0 Å². The van der Waals surface area contributed by atoms with Crippen LogP contribution in [-0.2, 0) is 14.8 Å².